The summed E-state index contributed by atoms with van der Waals surface area (Å²) in [7, 11) is 0. The van der Waals surface area contributed by atoms with Crippen LogP contribution < -0.4 is 0 Å². The Morgan fingerprint density at radius 1 is 1.33 bits per heavy atom. The van der Waals surface area contributed by atoms with Gasteiger partial charge >= 0.3 is 0 Å². The van der Waals surface area contributed by atoms with Gasteiger partial charge in [0.05, 0.1) is 17.0 Å². The molecule has 1 aliphatic rings. The van der Waals surface area contributed by atoms with E-state index in [1.807, 2.05) is 4.90 Å². The molecule has 0 spiro atoms. The highest BCUT2D eigenvalue weighted by Crippen LogP contribution is 2.25. The molecule has 1 aromatic rings. The van der Waals surface area contributed by atoms with E-state index in [4.69, 9.17) is 23.2 Å². The van der Waals surface area contributed by atoms with Crippen LogP contribution in [0.3, 0.4) is 0 Å². The van der Waals surface area contributed by atoms with Crippen molar-refractivity contribution in [1.82, 2.24) is 14.9 Å². The molecule has 1 aliphatic heterocycles. The maximum atomic E-state index is 12.0. The third-order valence-corrected chi connectivity index (χ3v) is 4.27. The molecule has 0 aromatic carbocycles. The number of carbonyl (C=O) groups excluding carboxylic acids is 1. The molecule has 1 aromatic heterocycles. The quantitative estimate of drug-likeness (QED) is 0.489. The van der Waals surface area contributed by atoms with Crippen molar-refractivity contribution in [1.29, 1.82) is 0 Å². The first-order chi connectivity index (χ1) is 8.66. The molecule has 0 saturated carbocycles. The normalized spacial score (nSPS) is 15.8. The van der Waals surface area contributed by atoms with Gasteiger partial charge in [0.15, 0.2) is 0 Å². The number of likely N-dealkylation sites (tertiary alicyclic amines) is 1. The molecule has 0 radical (unpaired) electrons. The first-order valence-corrected chi connectivity index (χ1v) is 7.49. The summed E-state index contributed by atoms with van der Waals surface area (Å²) < 4.78 is 0. The summed E-state index contributed by atoms with van der Waals surface area (Å²) >= 11 is 12.9. The maximum Gasteiger partial charge on any atom is 0.232 e. The molecule has 1 saturated heterocycles. The summed E-state index contributed by atoms with van der Waals surface area (Å²) in [6.07, 6.45) is 4.85. The fourth-order valence-corrected chi connectivity index (χ4v) is 3.02. The van der Waals surface area contributed by atoms with Gasteiger partial charge in [0.25, 0.3) is 0 Å². The predicted octanol–water partition coefficient (Wildman–Crippen LogP) is 2.89. The predicted molar refractivity (Wildman–Crippen MR) is 73.2 cm³/mol. The molecule has 98 valence electrons. The molecular formula is C11H13Cl2N3OS. The first-order valence-electron chi connectivity index (χ1n) is 5.75. The molecule has 1 fully saturated rings. The molecule has 0 bridgehead atoms. The van der Waals surface area contributed by atoms with E-state index in [0.29, 0.717) is 15.8 Å². The first kappa shape index (κ1) is 13.9. The van der Waals surface area contributed by atoms with E-state index in [0.717, 1.165) is 25.9 Å². The second-order valence-corrected chi connectivity index (χ2v) is 5.73. The van der Waals surface area contributed by atoms with Crippen LogP contribution in [0, 0.1) is 0 Å². The fourth-order valence-electron chi connectivity index (χ4n) is 1.80. The molecule has 0 atom stereocenters. The van der Waals surface area contributed by atoms with Crippen molar-refractivity contribution in [3.8, 4) is 0 Å². The van der Waals surface area contributed by atoms with Gasteiger partial charge in [-0.2, -0.15) is 0 Å². The number of amides is 1. The number of nitrogens with zero attached hydrogens (tertiary/aromatic N) is 3. The van der Waals surface area contributed by atoms with Crippen LogP contribution in [0.1, 0.15) is 19.3 Å². The van der Waals surface area contributed by atoms with Crippen molar-refractivity contribution < 1.29 is 4.79 Å². The summed E-state index contributed by atoms with van der Waals surface area (Å²) in [5.41, 5.74) is 0. The highest BCUT2D eigenvalue weighted by molar-refractivity contribution is 8.00. The van der Waals surface area contributed by atoms with Gasteiger partial charge in [-0.1, -0.05) is 23.4 Å². The lowest BCUT2D eigenvalue weighted by molar-refractivity contribution is -0.129. The van der Waals surface area contributed by atoms with Crippen LogP contribution >= 0.6 is 35.0 Å². The van der Waals surface area contributed by atoms with Gasteiger partial charge in [0.1, 0.15) is 5.03 Å². The fraction of sp³-hybridized carbons (Fsp3) is 0.545. The van der Waals surface area contributed by atoms with E-state index in [2.05, 4.69) is 9.97 Å². The highest BCUT2D eigenvalue weighted by Gasteiger charge is 2.17. The van der Waals surface area contributed by atoms with Crippen LogP contribution in [0.4, 0.5) is 0 Å². The number of hydrogen-bond donors (Lipinski definition) is 0. The van der Waals surface area contributed by atoms with E-state index in [-0.39, 0.29) is 11.2 Å². The van der Waals surface area contributed by atoms with Gasteiger partial charge in [-0.25, -0.2) is 9.97 Å². The monoisotopic (exact) mass is 305 g/mol. The van der Waals surface area contributed by atoms with Crippen LogP contribution in [-0.4, -0.2) is 39.6 Å². The number of thioether (sulfide) groups is 1. The zero-order valence-electron chi connectivity index (χ0n) is 9.73. The Hall–Kier alpha value is -0.520. The molecule has 0 unspecified atom stereocenters. The second kappa shape index (κ2) is 6.59. The number of carbonyl (C=O) groups is 1. The Morgan fingerprint density at radius 3 is 2.78 bits per heavy atom. The number of halogens is 2. The Kier molecular flexibility index (Phi) is 5.09. The lowest BCUT2D eigenvalue weighted by Crippen LogP contribution is -2.36. The molecule has 1 amide bonds. The largest absolute Gasteiger partial charge is 0.342 e. The number of piperidine rings is 1. The number of aromatic nitrogens is 2. The van der Waals surface area contributed by atoms with Crippen molar-refractivity contribution in [3.63, 3.8) is 0 Å². The lowest BCUT2D eigenvalue weighted by atomic mass is 10.1. The van der Waals surface area contributed by atoms with Crippen molar-refractivity contribution in [3.05, 3.63) is 16.5 Å². The minimum Gasteiger partial charge on any atom is -0.342 e. The van der Waals surface area contributed by atoms with E-state index < -0.39 is 0 Å². The Balaban J connectivity index is 1.90. The van der Waals surface area contributed by atoms with Crippen molar-refractivity contribution >= 4 is 40.9 Å². The molecule has 4 nitrogen and oxygen atoms in total. The minimum absolute atomic E-state index is 0.130. The summed E-state index contributed by atoms with van der Waals surface area (Å²) in [6, 6.07) is 0. The number of rotatable bonds is 3. The Labute approximate surface area is 120 Å². The van der Waals surface area contributed by atoms with E-state index in [1.165, 1.54) is 24.4 Å². The molecule has 7 heteroatoms. The minimum atomic E-state index is 0.130. The van der Waals surface area contributed by atoms with Crippen molar-refractivity contribution in [2.24, 2.45) is 0 Å². The average molecular weight is 306 g/mol. The van der Waals surface area contributed by atoms with Crippen molar-refractivity contribution in [2.75, 3.05) is 18.8 Å². The van der Waals surface area contributed by atoms with E-state index in [9.17, 15) is 4.79 Å². The van der Waals surface area contributed by atoms with Gasteiger partial charge < -0.3 is 4.90 Å². The molecule has 2 rings (SSSR count). The summed E-state index contributed by atoms with van der Waals surface area (Å²) in [5.74, 6) is 0.470. The van der Waals surface area contributed by atoms with Gasteiger partial charge in [0, 0.05) is 13.1 Å². The average Bonchev–Trinajstić information content (AvgIpc) is 2.40. The van der Waals surface area contributed by atoms with Crippen LogP contribution in [0.25, 0.3) is 0 Å². The van der Waals surface area contributed by atoms with Gasteiger partial charge in [0.2, 0.25) is 11.2 Å². The van der Waals surface area contributed by atoms with Gasteiger partial charge in [-0.05, 0) is 30.9 Å². The molecule has 0 N–H and O–H groups in total. The lowest BCUT2D eigenvalue weighted by Gasteiger charge is -2.26. The SMILES string of the molecule is O=C(CSc1nc(Cl)ncc1Cl)N1CCCCC1. The summed E-state index contributed by atoms with van der Waals surface area (Å²) in [4.78, 5) is 21.6. The van der Waals surface area contributed by atoms with E-state index in [1.54, 1.807) is 0 Å². The standard InChI is InChI=1S/C11H13Cl2N3OS/c12-8-6-14-11(13)15-10(8)18-7-9(17)16-4-2-1-3-5-16/h6H,1-5,7H2. The second-order valence-electron chi connectivity index (χ2n) is 4.02. The molecule has 18 heavy (non-hydrogen) atoms. The molecule has 2 heterocycles. The van der Waals surface area contributed by atoms with Crippen molar-refractivity contribution in [2.45, 2.75) is 24.3 Å². The zero-order chi connectivity index (χ0) is 13.0. The maximum absolute atomic E-state index is 12.0. The van der Waals surface area contributed by atoms with Gasteiger partial charge in [-0.3, -0.25) is 4.79 Å². The van der Waals surface area contributed by atoms with Crippen LogP contribution in [0.2, 0.25) is 10.3 Å². The van der Waals surface area contributed by atoms with E-state index >= 15 is 0 Å². The molecular weight excluding hydrogens is 293 g/mol. The van der Waals surface area contributed by atoms with Crippen LogP contribution in [0.15, 0.2) is 11.2 Å². The smallest absolute Gasteiger partial charge is 0.232 e. The zero-order valence-corrected chi connectivity index (χ0v) is 12.1. The molecule has 0 aliphatic carbocycles. The highest BCUT2D eigenvalue weighted by atomic mass is 35.5. The third-order valence-electron chi connectivity index (χ3n) is 2.72. The Morgan fingerprint density at radius 2 is 2.06 bits per heavy atom. The third kappa shape index (κ3) is 3.73. The number of hydrogen-bond acceptors (Lipinski definition) is 4. The Bertz CT molecular complexity index is 438. The van der Waals surface area contributed by atoms with Gasteiger partial charge in [-0.15, -0.1) is 0 Å². The topological polar surface area (TPSA) is 46.1 Å². The van der Waals surface area contributed by atoms with Crippen LogP contribution in [-0.2, 0) is 4.79 Å². The summed E-state index contributed by atoms with van der Waals surface area (Å²) in [6.45, 7) is 1.72. The van der Waals surface area contributed by atoms with Crippen LogP contribution in [0.5, 0.6) is 0 Å². The summed E-state index contributed by atoms with van der Waals surface area (Å²) in [5, 5.41) is 1.13.